The largest absolute Gasteiger partial charge is 0.370 e. The van der Waals surface area contributed by atoms with Crippen LogP contribution in [0, 0.1) is 26.7 Å². The number of carbonyl (C=O) groups is 2. The van der Waals surface area contributed by atoms with E-state index in [0.717, 1.165) is 55.6 Å². The van der Waals surface area contributed by atoms with Gasteiger partial charge in [-0.25, -0.2) is 8.42 Å². The molecule has 2 heterocycles. The third kappa shape index (κ3) is 6.65. The molecule has 2 saturated heterocycles. The maximum Gasteiger partial charge on any atom is 0.248 e. The Morgan fingerprint density at radius 3 is 2.33 bits per heavy atom. The first-order valence-electron chi connectivity index (χ1n) is 12.8. The molecule has 2 aliphatic rings. The van der Waals surface area contributed by atoms with E-state index in [1.807, 2.05) is 31.0 Å². The number of nitrogens with zero attached hydrogens (tertiary/aromatic N) is 4. The lowest BCUT2D eigenvalue weighted by Gasteiger charge is -2.38. The van der Waals surface area contributed by atoms with Gasteiger partial charge >= 0.3 is 0 Å². The number of rotatable bonds is 9. The third-order valence-electron chi connectivity index (χ3n) is 7.44. The first-order valence-corrected chi connectivity index (χ1v) is 14.2. The van der Waals surface area contributed by atoms with E-state index in [4.69, 9.17) is 4.74 Å². The maximum atomic E-state index is 13.1. The molecular weight excluding hydrogens is 480 g/mol. The number of sulfonamides is 1. The van der Waals surface area contributed by atoms with Crippen molar-refractivity contribution in [1.82, 2.24) is 19.0 Å². The molecule has 2 amide bonds. The average molecular weight is 523 g/mol. The molecule has 0 aliphatic carbocycles. The molecule has 9 nitrogen and oxygen atoms in total. The van der Waals surface area contributed by atoms with Crippen LogP contribution in [0.3, 0.4) is 0 Å². The number of likely N-dealkylation sites (tertiary alicyclic amines) is 2. The van der Waals surface area contributed by atoms with Gasteiger partial charge in [0.15, 0.2) is 0 Å². The zero-order valence-corrected chi connectivity index (χ0v) is 23.4. The molecular formula is C26H42N4O5S. The summed E-state index contributed by atoms with van der Waals surface area (Å²) in [5.41, 5.74) is 2.46. The Hall–Kier alpha value is -2.01. The van der Waals surface area contributed by atoms with Gasteiger partial charge in [-0.05, 0) is 64.8 Å². The lowest BCUT2D eigenvalue weighted by molar-refractivity contribution is -0.143. The standard InChI is InChI=1S/C26H42N4O5S/c1-19-14-20(2)25(21(3)15-19)36(33,34)28(5)12-13-35-18-24(31)29(6)23-8-7-10-30(17-23)26(32)22-9-11-27(4)16-22/h14-15,22-23H,7-13,16-18H2,1-6H3. The molecule has 0 aromatic heterocycles. The number of amides is 2. The predicted molar refractivity (Wildman–Crippen MR) is 139 cm³/mol. The number of piperidine rings is 1. The molecule has 2 aliphatic heterocycles. The van der Waals surface area contributed by atoms with Gasteiger partial charge in [-0.1, -0.05) is 17.7 Å². The van der Waals surface area contributed by atoms with Gasteiger partial charge in [0.05, 0.1) is 17.4 Å². The van der Waals surface area contributed by atoms with Crippen LogP contribution in [0.1, 0.15) is 36.0 Å². The van der Waals surface area contributed by atoms with Crippen molar-refractivity contribution < 1.29 is 22.7 Å². The molecule has 2 fully saturated rings. The second kappa shape index (κ2) is 12.0. The van der Waals surface area contributed by atoms with Crippen LogP contribution in [0.4, 0.5) is 0 Å². The Morgan fingerprint density at radius 2 is 1.72 bits per heavy atom. The van der Waals surface area contributed by atoms with E-state index >= 15 is 0 Å². The second-order valence-electron chi connectivity index (χ2n) is 10.4. The fourth-order valence-corrected chi connectivity index (χ4v) is 6.93. The van der Waals surface area contributed by atoms with E-state index < -0.39 is 10.0 Å². The van der Waals surface area contributed by atoms with Gasteiger partial charge in [-0.2, -0.15) is 4.31 Å². The van der Waals surface area contributed by atoms with Crippen LogP contribution in [0.25, 0.3) is 0 Å². The average Bonchev–Trinajstić information content (AvgIpc) is 3.25. The topological polar surface area (TPSA) is 90.5 Å². The number of carbonyl (C=O) groups excluding carboxylic acids is 2. The van der Waals surface area contributed by atoms with Gasteiger partial charge in [0.1, 0.15) is 6.61 Å². The number of hydrogen-bond acceptors (Lipinski definition) is 6. The summed E-state index contributed by atoms with van der Waals surface area (Å²) in [6.45, 7) is 8.74. The molecule has 36 heavy (non-hydrogen) atoms. The molecule has 2 atom stereocenters. The Labute approximate surface area is 216 Å². The summed E-state index contributed by atoms with van der Waals surface area (Å²) in [4.78, 5) is 31.8. The molecule has 3 rings (SSSR count). The lowest BCUT2D eigenvalue weighted by atomic mass is 10.0. The van der Waals surface area contributed by atoms with Crippen molar-refractivity contribution in [3.63, 3.8) is 0 Å². The fraction of sp³-hybridized carbons (Fsp3) is 0.692. The molecule has 0 bridgehead atoms. The Balaban J connectivity index is 1.47. The highest BCUT2D eigenvalue weighted by molar-refractivity contribution is 7.89. The molecule has 0 N–H and O–H groups in total. The van der Waals surface area contributed by atoms with E-state index in [0.29, 0.717) is 11.4 Å². The van der Waals surface area contributed by atoms with Crippen LogP contribution in [-0.4, -0.2) is 112 Å². The summed E-state index contributed by atoms with van der Waals surface area (Å²) in [6, 6.07) is 3.70. The summed E-state index contributed by atoms with van der Waals surface area (Å²) in [6.07, 6.45) is 2.62. The normalized spacial score (nSPS) is 21.2. The van der Waals surface area contributed by atoms with Crippen molar-refractivity contribution in [3.8, 4) is 0 Å². The van der Waals surface area contributed by atoms with Crippen molar-refractivity contribution in [2.45, 2.75) is 51.0 Å². The van der Waals surface area contributed by atoms with E-state index in [9.17, 15) is 18.0 Å². The van der Waals surface area contributed by atoms with E-state index in [1.54, 1.807) is 25.8 Å². The Bertz CT molecular complexity index is 1040. The molecule has 0 radical (unpaired) electrons. The van der Waals surface area contributed by atoms with Crippen LogP contribution >= 0.6 is 0 Å². The summed E-state index contributed by atoms with van der Waals surface area (Å²) >= 11 is 0. The minimum absolute atomic E-state index is 0.0338. The Morgan fingerprint density at radius 1 is 1.06 bits per heavy atom. The van der Waals surface area contributed by atoms with Gasteiger partial charge in [-0.15, -0.1) is 0 Å². The highest BCUT2D eigenvalue weighted by atomic mass is 32.2. The smallest absolute Gasteiger partial charge is 0.248 e. The van der Waals surface area contributed by atoms with E-state index in [1.165, 1.54) is 11.4 Å². The number of hydrogen-bond donors (Lipinski definition) is 0. The van der Waals surface area contributed by atoms with Crippen molar-refractivity contribution in [3.05, 3.63) is 28.8 Å². The van der Waals surface area contributed by atoms with Crippen LogP contribution in [0.15, 0.2) is 17.0 Å². The monoisotopic (exact) mass is 522 g/mol. The molecule has 1 aromatic rings. The van der Waals surface area contributed by atoms with Crippen LogP contribution in [-0.2, 0) is 24.3 Å². The number of benzene rings is 1. The number of likely N-dealkylation sites (N-methyl/N-ethyl adjacent to an activating group) is 2. The summed E-state index contributed by atoms with van der Waals surface area (Å²) in [7, 11) is 1.67. The minimum atomic E-state index is -3.66. The van der Waals surface area contributed by atoms with Crippen LogP contribution in [0.5, 0.6) is 0 Å². The van der Waals surface area contributed by atoms with Gasteiger partial charge in [0.2, 0.25) is 21.8 Å². The summed E-state index contributed by atoms with van der Waals surface area (Å²) < 4.78 is 33.0. The number of ether oxygens (including phenoxy) is 1. The molecule has 202 valence electrons. The van der Waals surface area contributed by atoms with E-state index in [-0.39, 0.29) is 43.5 Å². The zero-order chi connectivity index (χ0) is 26.6. The van der Waals surface area contributed by atoms with Crippen molar-refractivity contribution >= 4 is 21.8 Å². The molecule has 10 heteroatoms. The first-order chi connectivity index (χ1) is 16.9. The Kier molecular flexibility index (Phi) is 9.54. The summed E-state index contributed by atoms with van der Waals surface area (Å²) in [5.74, 6) is 0.0916. The second-order valence-corrected chi connectivity index (χ2v) is 12.4. The van der Waals surface area contributed by atoms with Gasteiger partial charge in [0.25, 0.3) is 0 Å². The fourth-order valence-electron chi connectivity index (χ4n) is 5.37. The molecule has 1 aromatic carbocycles. The SMILES string of the molecule is Cc1cc(C)c(S(=O)(=O)N(C)CCOCC(=O)N(C)C2CCCN(C(=O)C3CCN(C)C3)C2)c(C)c1. The van der Waals surface area contributed by atoms with Gasteiger partial charge in [0, 0.05) is 46.3 Å². The first kappa shape index (κ1) is 28.6. The minimum Gasteiger partial charge on any atom is -0.370 e. The van der Waals surface area contributed by atoms with E-state index in [2.05, 4.69) is 4.90 Å². The maximum absolute atomic E-state index is 13.1. The highest BCUT2D eigenvalue weighted by Gasteiger charge is 2.34. The van der Waals surface area contributed by atoms with Crippen molar-refractivity contribution in [2.24, 2.45) is 5.92 Å². The molecule has 0 saturated carbocycles. The molecule has 0 spiro atoms. The quantitative estimate of drug-likeness (QED) is 0.458. The highest BCUT2D eigenvalue weighted by Crippen LogP contribution is 2.25. The van der Waals surface area contributed by atoms with Gasteiger partial charge in [-0.3, -0.25) is 9.59 Å². The zero-order valence-electron chi connectivity index (χ0n) is 22.6. The molecule has 2 unspecified atom stereocenters. The predicted octanol–water partition coefficient (Wildman–Crippen LogP) is 1.65. The lowest BCUT2D eigenvalue weighted by Crippen LogP contribution is -2.52. The van der Waals surface area contributed by atoms with Gasteiger partial charge < -0.3 is 19.4 Å². The summed E-state index contributed by atoms with van der Waals surface area (Å²) in [5, 5.41) is 0. The van der Waals surface area contributed by atoms with Crippen molar-refractivity contribution in [2.75, 3.05) is 67.1 Å². The van der Waals surface area contributed by atoms with Crippen LogP contribution < -0.4 is 0 Å². The van der Waals surface area contributed by atoms with Crippen molar-refractivity contribution in [1.29, 1.82) is 0 Å². The third-order valence-corrected chi connectivity index (χ3v) is 9.60. The van der Waals surface area contributed by atoms with Crippen LogP contribution in [0.2, 0.25) is 0 Å². The number of aryl methyl sites for hydroxylation is 3.